The van der Waals surface area contributed by atoms with Crippen LogP contribution in [0.5, 0.6) is 0 Å². The largest absolute Gasteiger partial charge is 0.511 e. The smallest absolute Gasteiger partial charge is 0.194 e. The van der Waals surface area contributed by atoms with Crippen molar-refractivity contribution in [2.24, 2.45) is 0 Å². The van der Waals surface area contributed by atoms with Crippen LogP contribution in [0.3, 0.4) is 0 Å². The Bertz CT molecular complexity index is 592. The molecule has 110 valence electrons. The van der Waals surface area contributed by atoms with E-state index in [0.717, 1.165) is 0 Å². The minimum atomic E-state index is -0.940. The minimum Gasteiger partial charge on any atom is -0.511 e. The number of ether oxygens (including phenoxy) is 2. The molecule has 1 aliphatic rings. The summed E-state index contributed by atoms with van der Waals surface area (Å²) in [4.78, 5) is 12.0. The molecule has 1 N–H and O–H groups in total. The van der Waals surface area contributed by atoms with Crippen molar-refractivity contribution in [2.75, 3.05) is 14.2 Å². The average Bonchev–Trinajstić information content (AvgIpc) is 2.54. The molecule has 2 rings (SSSR count). The maximum atomic E-state index is 12.0. The number of aliphatic hydroxyl groups is 1. The molecule has 0 amide bonds. The molecule has 0 atom stereocenters. The van der Waals surface area contributed by atoms with Crippen LogP contribution in [0.4, 0.5) is 0 Å². The fraction of sp³-hybridized carbons (Fsp3) is 0.235. The highest BCUT2D eigenvalue weighted by Crippen LogP contribution is 2.29. The molecule has 4 heteroatoms. The molecular weight excluding hydrogens is 268 g/mol. The van der Waals surface area contributed by atoms with Gasteiger partial charge < -0.3 is 14.6 Å². The van der Waals surface area contributed by atoms with Gasteiger partial charge in [-0.3, -0.25) is 4.79 Å². The minimum absolute atomic E-state index is 0.111. The Morgan fingerprint density at radius 3 is 2.48 bits per heavy atom. The second kappa shape index (κ2) is 6.52. The Hall–Kier alpha value is -2.17. The van der Waals surface area contributed by atoms with Gasteiger partial charge in [0.1, 0.15) is 5.76 Å². The maximum absolute atomic E-state index is 12.0. The predicted molar refractivity (Wildman–Crippen MR) is 80.1 cm³/mol. The van der Waals surface area contributed by atoms with Crippen molar-refractivity contribution in [3.63, 3.8) is 0 Å². The summed E-state index contributed by atoms with van der Waals surface area (Å²) in [7, 11) is 3.03. The van der Waals surface area contributed by atoms with Gasteiger partial charge in [-0.25, -0.2) is 0 Å². The molecule has 4 nitrogen and oxygen atoms in total. The quantitative estimate of drug-likeness (QED) is 0.513. The van der Waals surface area contributed by atoms with Gasteiger partial charge in [0.05, 0.1) is 6.42 Å². The van der Waals surface area contributed by atoms with Crippen LogP contribution in [-0.2, 0) is 9.47 Å². The summed E-state index contributed by atoms with van der Waals surface area (Å²) in [6, 6.07) is 8.97. The normalized spacial score (nSPS) is 17.4. The lowest BCUT2D eigenvalue weighted by Gasteiger charge is -2.30. The van der Waals surface area contributed by atoms with Crippen LogP contribution in [-0.4, -0.2) is 30.9 Å². The van der Waals surface area contributed by atoms with Crippen molar-refractivity contribution in [3.05, 3.63) is 71.5 Å². The molecule has 0 radical (unpaired) electrons. The number of hydrogen-bond acceptors (Lipinski definition) is 4. The number of allylic oxidation sites excluding steroid dienone is 4. The summed E-state index contributed by atoms with van der Waals surface area (Å²) in [6.45, 7) is 0. The summed E-state index contributed by atoms with van der Waals surface area (Å²) >= 11 is 0. The van der Waals surface area contributed by atoms with Gasteiger partial charge in [0.2, 0.25) is 0 Å². The first-order valence-electron chi connectivity index (χ1n) is 6.59. The standard InChI is InChI=1S/C17H18O4/c1-20-17(21-2)11-10-14(16(19)12-17)8-9-15(18)13-6-4-3-5-7-13/h3-11,19H,12H2,1-2H3. The summed E-state index contributed by atoms with van der Waals surface area (Å²) in [5.74, 6) is -0.928. The van der Waals surface area contributed by atoms with Crippen LogP contribution in [0, 0.1) is 0 Å². The first-order valence-corrected chi connectivity index (χ1v) is 6.59. The van der Waals surface area contributed by atoms with E-state index in [1.165, 1.54) is 20.3 Å². The Labute approximate surface area is 124 Å². The molecule has 0 saturated carbocycles. The molecule has 1 aliphatic carbocycles. The van der Waals surface area contributed by atoms with Gasteiger partial charge in [0.15, 0.2) is 11.6 Å². The van der Waals surface area contributed by atoms with E-state index in [0.29, 0.717) is 11.1 Å². The summed E-state index contributed by atoms with van der Waals surface area (Å²) in [6.07, 6.45) is 6.64. The van der Waals surface area contributed by atoms with E-state index in [1.54, 1.807) is 30.4 Å². The zero-order valence-corrected chi connectivity index (χ0v) is 12.1. The summed E-state index contributed by atoms with van der Waals surface area (Å²) in [5.41, 5.74) is 1.18. The zero-order chi connectivity index (χ0) is 15.3. The number of aliphatic hydroxyl groups excluding tert-OH is 1. The fourth-order valence-electron chi connectivity index (χ4n) is 2.09. The maximum Gasteiger partial charge on any atom is 0.194 e. The van der Waals surface area contributed by atoms with Crippen LogP contribution in [0.2, 0.25) is 0 Å². The highest BCUT2D eigenvalue weighted by Gasteiger charge is 2.31. The van der Waals surface area contributed by atoms with Crippen LogP contribution < -0.4 is 0 Å². The highest BCUT2D eigenvalue weighted by molar-refractivity contribution is 6.04. The molecule has 0 heterocycles. The third kappa shape index (κ3) is 3.48. The van der Waals surface area contributed by atoms with E-state index < -0.39 is 5.79 Å². The number of methoxy groups -OCH3 is 2. The lowest BCUT2D eigenvalue weighted by Crippen LogP contribution is -2.33. The van der Waals surface area contributed by atoms with Gasteiger partial charge in [-0.05, 0) is 18.2 Å². The van der Waals surface area contributed by atoms with Crippen molar-refractivity contribution in [2.45, 2.75) is 12.2 Å². The number of carbonyl (C=O) groups excluding carboxylic acids is 1. The number of carbonyl (C=O) groups is 1. The molecule has 1 aromatic carbocycles. The van der Waals surface area contributed by atoms with E-state index in [2.05, 4.69) is 0 Å². The first kappa shape index (κ1) is 15.2. The SMILES string of the molecule is COC1(OC)C=CC(C=CC(=O)c2ccccc2)=C(O)C1. The molecule has 1 aromatic rings. The van der Waals surface area contributed by atoms with E-state index in [9.17, 15) is 9.90 Å². The second-order valence-corrected chi connectivity index (χ2v) is 4.70. The van der Waals surface area contributed by atoms with Crippen molar-refractivity contribution in [3.8, 4) is 0 Å². The second-order valence-electron chi connectivity index (χ2n) is 4.70. The Balaban J connectivity index is 2.12. The molecule has 0 fully saturated rings. The predicted octanol–water partition coefficient (Wildman–Crippen LogP) is 3.19. The van der Waals surface area contributed by atoms with Crippen molar-refractivity contribution in [1.29, 1.82) is 0 Å². The van der Waals surface area contributed by atoms with Crippen molar-refractivity contribution < 1.29 is 19.4 Å². The molecule has 0 spiro atoms. The van der Waals surface area contributed by atoms with Gasteiger partial charge in [-0.15, -0.1) is 0 Å². The van der Waals surface area contributed by atoms with Crippen LogP contribution in [0.25, 0.3) is 0 Å². The monoisotopic (exact) mass is 286 g/mol. The van der Waals surface area contributed by atoms with E-state index >= 15 is 0 Å². The van der Waals surface area contributed by atoms with Crippen LogP contribution in [0.15, 0.2) is 66.0 Å². The lowest BCUT2D eigenvalue weighted by molar-refractivity contribution is -0.173. The Kier molecular flexibility index (Phi) is 4.73. The zero-order valence-electron chi connectivity index (χ0n) is 12.1. The van der Waals surface area contributed by atoms with Crippen LogP contribution in [0.1, 0.15) is 16.8 Å². The molecular formula is C17H18O4. The van der Waals surface area contributed by atoms with E-state index in [1.807, 2.05) is 18.2 Å². The molecule has 0 bridgehead atoms. The first-order chi connectivity index (χ1) is 10.1. The fourth-order valence-corrected chi connectivity index (χ4v) is 2.09. The number of benzene rings is 1. The molecule has 21 heavy (non-hydrogen) atoms. The van der Waals surface area contributed by atoms with Gasteiger partial charge in [-0.2, -0.15) is 0 Å². The number of rotatable bonds is 5. The molecule has 0 unspecified atom stereocenters. The molecule has 0 aliphatic heterocycles. The topological polar surface area (TPSA) is 55.8 Å². The highest BCUT2D eigenvalue weighted by atomic mass is 16.7. The van der Waals surface area contributed by atoms with Crippen molar-refractivity contribution in [1.82, 2.24) is 0 Å². The third-order valence-corrected chi connectivity index (χ3v) is 3.43. The van der Waals surface area contributed by atoms with Crippen molar-refractivity contribution >= 4 is 5.78 Å². The van der Waals surface area contributed by atoms with E-state index in [4.69, 9.17) is 9.47 Å². The lowest BCUT2D eigenvalue weighted by atomic mass is 9.98. The van der Waals surface area contributed by atoms with Crippen LogP contribution >= 0.6 is 0 Å². The summed E-state index contributed by atoms with van der Waals surface area (Å²) < 4.78 is 10.5. The third-order valence-electron chi connectivity index (χ3n) is 3.43. The number of ketones is 1. The molecule has 0 saturated heterocycles. The van der Waals surface area contributed by atoms with Gasteiger partial charge in [-0.1, -0.05) is 36.4 Å². The van der Waals surface area contributed by atoms with E-state index in [-0.39, 0.29) is 18.0 Å². The Morgan fingerprint density at radius 2 is 1.90 bits per heavy atom. The Morgan fingerprint density at radius 1 is 1.24 bits per heavy atom. The average molecular weight is 286 g/mol. The van der Waals surface area contributed by atoms with Gasteiger partial charge in [0, 0.05) is 25.4 Å². The van der Waals surface area contributed by atoms with Gasteiger partial charge in [0.25, 0.3) is 0 Å². The van der Waals surface area contributed by atoms with Gasteiger partial charge >= 0.3 is 0 Å². The number of hydrogen-bond donors (Lipinski definition) is 1. The summed E-state index contributed by atoms with van der Waals surface area (Å²) in [5, 5.41) is 10.1. The molecule has 0 aromatic heterocycles.